The Hall–Kier alpha value is -2.37. The summed E-state index contributed by atoms with van der Waals surface area (Å²) >= 11 is 0. The fourth-order valence-electron chi connectivity index (χ4n) is 2.62. The van der Waals surface area contributed by atoms with Crippen LogP contribution in [0, 0.1) is 6.92 Å². The SMILES string of the molecule is Cc1noc(C2CCN(C(=O)c3ccc(N)cc3)CC2)n1. The van der Waals surface area contributed by atoms with Crippen LogP contribution in [-0.2, 0) is 0 Å². The summed E-state index contributed by atoms with van der Waals surface area (Å²) in [5.74, 6) is 1.65. The first-order valence-corrected chi connectivity index (χ1v) is 7.08. The van der Waals surface area contributed by atoms with E-state index in [0.29, 0.717) is 36.1 Å². The molecule has 110 valence electrons. The molecule has 0 spiro atoms. The van der Waals surface area contributed by atoms with Gasteiger partial charge in [0.05, 0.1) is 0 Å². The summed E-state index contributed by atoms with van der Waals surface area (Å²) in [5, 5.41) is 3.82. The molecule has 6 heteroatoms. The lowest BCUT2D eigenvalue weighted by Gasteiger charge is -2.30. The maximum Gasteiger partial charge on any atom is 0.253 e. The van der Waals surface area contributed by atoms with Crippen molar-refractivity contribution >= 4 is 11.6 Å². The molecule has 2 N–H and O–H groups in total. The smallest absolute Gasteiger partial charge is 0.253 e. The van der Waals surface area contributed by atoms with Gasteiger partial charge < -0.3 is 15.2 Å². The highest BCUT2D eigenvalue weighted by atomic mass is 16.5. The Morgan fingerprint density at radius 2 is 1.95 bits per heavy atom. The first-order valence-electron chi connectivity index (χ1n) is 7.08. The Labute approximate surface area is 122 Å². The summed E-state index contributed by atoms with van der Waals surface area (Å²) in [6, 6.07) is 7.04. The number of carbonyl (C=O) groups excluding carboxylic acids is 1. The highest BCUT2D eigenvalue weighted by Crippen LogP contribution is 2.27. The molecule has 1 aromatic carbocycles. The standard InChI is InChI=1S/C15H18N4O2/c1-10-17-14(21-18-10)11-6-8-19(9-7-11)15(20)12-2-4-13(16)5-3-12/h2-5,11H,6-9,16H2,1H3. The lowest BCUT2D eigenvalue weighted by molar-refractivity contribution is 0.0704. The molecular formula is C15H18N4O2. The van der Waals surface area contributed by atoms with Gasteiger partial charge in [-0.3, -0.25) is 4.79 Å². The van der Waals surface area contributed by atoms with Crippen LogP contribution in [0.2, 0.25) is 0 Å². The summed E-state index contributed by atoms with van der Waals surface area (Å²) in [6.07, 6.45) is 1.70. The Balaban J connectivity index is 1.63. The zero-order chi connectivity index (χ0) is 14.8. The third-order valence-corrected chi connectivity index (χ3v) is 3.83. The van der Waals surface area contributed by atoms with E-state index >= 15 is 0 Å². The molecule has 1 aromatic heterocycles. The van der Waals surface area contributed by atoms with E-state index in [1.807, 2.05) is 11.8 Å². The largest absolute Gasteiger partial charge is 0.399 e. The number of aromatic nitrogens is 2. The van der Waals surface area contributed by atoms with E-state index in [2.05, 4.69) is 10.1 Å². The van der Waals surface area contributed by atoms with Crippen LogP contribution in [0.3, 0.4) is 0 Å². The fourth-order valence-corrected chi connectivity index (χ4v) is 2.62. The third-order valence-electron chi connectivity index (χ3n) is 3.83. The minimum Gasteiger partial charge on any atom is -0.399 e. The highest BCUT2D eigenvalue weighted by Gasteiger charge is 2.27. The lowest BCUT2D eigenvalue weighted by atomic mass is 9.96. The molecule has 0 unspecified atom stereocenters. The van der Waals surface area contributed by atoms with Crippen molar-refractivity contribution in [2.75, 3.05) is 18.8 Å². The predicted molar refractivity (Wildman–Crippen MR) is 77.8 cm³/mol. The van der Waals surface area contributed by atoms with E-state index < -0.39 is 0 Å². The molecule has 21 heavy (non-hydrogen) atoms. The number of nitrogens with two attached hydrogens (primary N) is 1. The van der Waals surface area contributed by atoms with Crippen LogP contribution >= 0.6 is 0 Å². The highest BCUT2D eigenvalue weighted by molar-refractivity contribution is 5.94. The molecule has 0 saturated carbocycles. The van der Waals surface area contributed by atoms with Crippen LogP contribution in [0.1, 0.15) is 40.8 Å². The van der Waals surface area contributed by atoms with Crippen molar-refractivity contribution in [2.45, 2.75) is 25.7 Å². The van der Waals surface area contributed by atoms with Crippen molar-refractivity contribution < 1.29 is 9.32 Å². The number of hydrogen-bond donors (Lipinski definition) is 1. The second-order valence-corrected chi connectivity index (χ2v) is 5.37. The number of benzene rings is 1. The van der Waals surface area contributed by atoms with Crippen LogP contribution in [0.4, 0.5) is 5.69 Å². The van der Waals surface area contributed by atoms with Gasteiger partial charge in [0, 0.05) is 30.3 Å². The zero-order valence-electron chi connectivity index (χ0n) is 12.0. The molecule has 0 radical (unpaired) electrons. The second-order valence-electron chi connectivity index (χ2n) is 5.37. The first kappa shape index (κ1) is 13.6. The third kappa shape index (κ3) is 2.89. The Kier molecular flexibility index (Phi) is 3.60. The van der Waals surface area contributed by atoms with E-state index in [0.717, 1.165) is 12.8 Å². The van der Waals surface area contributed by atoms with Crippen molar-refractivity contribution in [3.05, 3.63) is 41.5 Å². The van der Waals surface area contributed by atoms with E-state index in [4.69, 9.17) is 10.3 Å². The number of anilines is 1. The normalized spacial score (nSPS) is 16.1. The van der Waals surface area contributed by atoms with Gasteiger partial charge in [-0.2, -0.15) is 4.98 Å². The van der Waals surface area contributed by atoms with Gasteiger partial charge in [-0.25, -0.2) is 0 Å². The number of nitrogen functional groups attached to an aromatic ring is 1. The topological polar surface area (TPSA) is 85.2 Å². The van der Waals surface area contributed by atoms with Crippen molar-refractivity contribution in [2.24, 2.45) is 0 Å². The number of piperidine rings is 1. The van der Waals surface area contributed by atoms with E-state index in [1.165, 1.54) is 0 Å². The number of amides is 1. The number of aryl methyl sites for hydroxylation is 1. The maximum atomic E-state index is 12.4. The lowest BCUT2D eigenvalue weighted by Crippen LogP contribution is -2.38. The summed E-state index contributed by atoms with van der Waals surface area (Å²) < 4.78 is 5.22. The van der Waals surface area contributed by atoms with Crippen LogP contribution < -0.4 is 5.73 Å². The summed E-state index contributed by atoms with van der Waals surface area (Å²) in [7, 11) is 0. The van der Waals surface area contributed by atoms with Crippen LogP contribution in [0.25, 0.3) is 0 Å². The zero-order valence-corrected chi connectivity index (χ0v) is 12.0. The molecule has 1 saturated heterocycles. The second kappa shape index (κ2) is 5.55. The van der Waals surface area contributed by atoms with Crippen molar-refractivity contribution in [3.8, 4) is 0 Å². The molecule has 0 aliphatic carbocycles. The molecule has 1 aliphatic rings. The van der Waals surface area contributed by atoms with Gasteiger partial charge in [-0.1, -0.05) is 5.16 Å². The predicted octanol–water partition coefficient (Wildman–Crippen LogP) is 1.98. The number of carbonyl (C=O) groups is 1. The monoisotopic (exact) mass is 286 g/mol. The summed E-state index contributed by atoms with van der Waals surface area (Å²) in [4.78, 5) is 18.5. The van der Waals surface area contributed by atoms with E-state index in [9.17, 15) is 4.79 Å². The van der Waals surface area contributed by atoms with E-state index in [1.54, 1.807) is 24.3 Å². The van der Waals surface area contributed by atoms with Crippen molar-refractivity contribution in [3.63, 3.8) is 0 Å². The van der Waals surface area contributed by atoms with Gasteiger partial charge in [0.1, 0.15) is 0 Å². The van der Waals surface area contributed by atoms with Gasteiger partial charge in [0.2, 0.25) is 5.89 Å². The molecule has 2 aromatic rings. The molecule has 6 nitrogen and oxygen atoms in total. The van der Waals surface area contributed by atoms with Crippen molar-refractivity contribution in [1.29, 1.82) is 0 Å². The average molecular weight is 286 g/mol. The number of hydrogen-bond acceptors (Lipinski definition) is 5. The maximum absolute atomic E-state index is 12.4. The molecule has 0 atom stereocenters. The fraction of sp³-hybridized carbons (Fsp3) is 0.400. The molecule has 1 aliphatic heterocycles. The number of likely N-dealkylation sites (tertiary alicyclic amines) is 1. The molecule has 1 fully saturated rings. The number of nitrogens with zero attached hydrogens (tertiary/aromatic N) is 3. The quantitative estimate of drug-likeness (QED) is 0.853. The van der Waals surface area contributed by atoms with Crippen LogP contribution in [0.15, 0.2) is 28.8 Å². The summed E-state index contributed by atoms with van der Waals surface area (Å²) in [6.45, 7) is 3.22. The minimum absolute atomic E-state index is 0.0511. The Morgan fingerprint density at radius 3 is 2.52 bits per heavy atom. The van der Waals surface area contributed by atoms with Gasteiger partial charge >= 0.3 is 0 Å². The number of rotatable bonds is 2. The van der Waals surface area contributed by atoms with Gasteiger partial charge in [0.25, 0.3) is 5.91 Å². The van der Waals surface area contributed by atoms with Gasteiger partial charge in [-0.15, -0.1) is 0 Å². The van der Waals surface area contributed by atoms with Gasteiger partial charge in [0.15, 0.2) is 5.82 Å². The van der Waals surface area contributed by atoms with Gasteiger partial charge in [-0.05, 0) is 44.0 Å². The average Bonchev–Trinajstić information content (AvgIpc) is 2.94. The Morgan fingerprint density at radius 1 is 1.29 bits per heavy atom. The minimum atomic E-state index is 0.0511. The molecule has 0 bridgehead atoms. The molecular weight excluding hydrogens is 268 g/mol. The van der Waals surface area contributed by atoms with Crippen molar-refractivity contribution in [1.82, 2.24) is 15.0 Å². The van der Waals surface area contributed by atoms with Crippen LogP contribution in [0.5, 0.6) is 0 Å². The first-order chi connectivity index (χ1) is 10.1. The molecule has 1 amide bonds. The van der Waals surface area contributed by atoms with Crippen LogP contribution in [-0.4, -0.2) is 34.0 Å². The van der Waals surface area contributed by atoms with E-state index in [-0.39, 0.29) is 11.8 Å². The Bertz CT molecular complexity index is 627. The molecule has 2 heterocycles. The summed E-state index contributed by atoms with van der Waals surface area (Å²) in [5.41, 5.74) is 6.98. The molecule has 3 rings (SSSR count).